The van der Waals surface area contributed by atoms with Crippen molar-refractivity contribution < 1.29 is 9.18 Å². The summed E-state index contributed by atoms with van der Waals surface area (Å²) in [6.45, 7) is 1.40. The van der Waals surface area contributed by atoms with Crippen molar-refractivity contribution >= 4 is 16.8 Å². The fourth-order valence-corrected chi connectivity index (χ4v) is 4.62. The number of carbonyl (C=O) groups is 1. The predicted molar refractivity (Wildman–Crippen MR) is 98.2 cm³/mol. The third kappa shape index (κ3) is 3.03. The van der Waals surface area contributed by atoms with Crippen molar-refractivity contribution in [1.82, 2.24) is 14.8 Å². The maximum absolute atomic E-state index is 14.0. The minimum Gasteiger partial charge on any atom is -0.355 e. The van der Waals surface area contributed by atoms with Gasteiger partial charge in [0.05, 0.1) is 5.52 Å². The van der Waals surface area contributed by atoms with Crippen LogP contribution in [0.2, 0.25) is 0 Å². The van der Waals surface area contributed by atoms with Gasteiger partial charge in [-0.2, -0.15) is 0 Å². The van der Waals surface area contributed by atoms with Gasteiger partial charge in [0.1, 0.15) is 5.82 Å². The number of pyridine rings is 1. The number of fused-ring (bicyclic) bond motifs is 2. The van der Waals surface area contributed by atoms with E-state index in [2.05, 4.69) is 9.88 Å². The van der Waals surface area contributed by atoms with Crippen LogP contribution < -0.4 is 5.43 Å². The molecule has 2 heterocycles. The second-order valence-corrected chi connectivity index (χ2v) is 7.86. The number of halogens is 1. The van der Waals surface area contributed by atoms with Crippen molar-refractivity contribution in [3.05, 3.63) is 46.0 Å². The van der Waals surface area contributed by atoms with Crippen molar-refractivity contribution in [1.29, 1.82) is 0 Å². The van der Waals surface area contributed by atoms with Gasteiger partial charge < -0.3 is 9.88 Å². The highest BCUT2D eigenvalue weighted by Crippen LogP contribution is 2.40. The number of H-pyrrole nitrogens is 1. The SMILES string of the molecule is CN1C[C@@H]2C[C@H](N(C)Cc3cc(=O)c4cccc(F)c4[nH]3)C[C@@H]2CC1=O. The Kier molecular flexibility index (Phi) is 4.31. The Morgan fingerprint density at radius 1 is 1.27 bits per heavy atom. The van der Waals surface area contributed by atoms with E-state index >= 15 is 0 Å². The van der Waals surface area contributed by atoms with Crippen LogP contribution in [0.3, 0.4) is 0 Å². The van der Waals surface area contributed by atoms with Crippen LogP contribution in [0.15, 0.2) is 29.1 Å². The molecule has 1 saturated heterocycles. The van der Waals surface area contributed by atoms with Gasteiger partial charge in [-0.1, -0.05) is 6.07 Å². The zero-order chi connectivity index (χ0) is 18.4. The van der Waals surface area contributed by atoms with Crippen molar-refractivity contribution in [3.63, 3.8) is 0 Å². The van der Waals surface area contributed by atoms with Crippen LogP contribution in [0, 0.1) is 17.7 Å². The van der Waals surface area contributed by atoms with E-state index in [9.17, 15) is 14.0 Å². The first-order valence-corrected chi connectivity index (χ1v) is 9.17. The molecule has 0 unspecified atom stereocenters. The van der Waals surface area contributed by atoms with Crippen LogP contribution in [0.5, 0.6) is 0 Å². The van der Waals surface area contributed by atoms with Crippen LogP contribution in [0.1, 0.15) is 25.0 Å². The van der Waals surface area contributed by atoms with Gasteiger partial charge >= 0.3 is 0 Å². The minimum atomic E-state index is -0.405. The summed E-state index contributed by atoms with van der Waals surface area (Å²) in [5.74, 6) is 0.846. The fourth-order valence-electron chi connectivity index (χ4n) is 4.62. The summed E-state index contributed by atoms with van der Waals surface area (Å²) in [5.41, 5.74) is 0.836. The summed E-state index contributed by atoms with van der Waals surface area (Å²) in [6, 6.07) is 6.50. The van der Waals surface area contributed by atoms with Crippen molar-refractivity contribution in [2.45, 2.75) is 31.8 Å². The standard InChI is InChI=1S/C20H24FN3O2/c1-23(15-6-12-8-19(26)24(2)10-13(12)7-15)11-14-9-18(25)16-4-3-5-17(21)20(16)22-14/h3-5,9,12-13,15H,6-8,10-11H2,1-2H3,(H,22,25)/t12-,13+,15-/m1/s1. The van der Waals surface area contributed by atoms with Gasteiger partial charge in [-0.15, -0.1) is 0 Å². The van der Waals surface area contributed by atoms with E-state index in [1.807, 2.05) is 19.0 Å². The molecule has 1 amide bonds. The zero-order valence-electron chi connectivity index (χ0n) is 15.2. The van der Waals surface area contributed by atoms with E-state index in [0.717, 1.165) is 25.1 Å². The highest BCUT2D eigenvalue weighted by Gasteiger charge is 2.41. The number of amides is 1. The lowest BCUT2D eigenvalue weighted by atomic mass is 9.88. The van der Waals surface area contributed by atoms with Gasteiger partial charge in [-0.3, -0.25) is 14.5 Å². The van der Waals surface area contributed by atoms with E-state index in [4.69, 9.17) is 0 Å². The second-order valence-electron chi connectivity index (χ2n) is 7.86. The number of piperidine rings is 1. The second kappa shape index (κ2) is 6.50. The molecule has 0 bridgehead atoms. The quantitative estimate of drug-likeness (QED) is 0.917. The summed E-state index contributed by atoms with van der Waals surface area (Å²) < 4.78 is 14.0. The third-order valence-corrected chi connectivity index (χ3v) is 6.10. The van der Waals surface area contributed by atoms with E-state index < -0.39 is 5.82 Å². The molecule has 1 N–H and O–H groups in total. The number of rotatable bonds is 3. The molecule has 1 aliphatic heterocycles. The molecule has 2 aromatic rings. The van der Waals surface area contributed by atoms with Crippen LogP contribution >= 0.6 is 0 Å². The first-order valence-electron chi connectivity index (χ1n) is 9.17. The molecule has 2 aliphatic rings. The number of likely N-dealkylation sites (tertiary alicyclic amines) is 1. The zero-order valence-corrected chi connectivity index (χ0v) is 15.2. The molecule has 0 spiro atoms. The molecule has 1 aromatic heterocycles. The van der Waals surface area contributed by atoms with Crippen molar-refractivity contribution in [3.8, 4) is 0 Å². The monoisotopic (exact) mass is 357 g/mol. The number of hydrogen-bond acceptors (Lipinski definition) is 3. The Bertz CT molecular complexity index is 910. The maximum atomic E-state index is 14.0. The maximum Gasteiger partial charge on any atom is 0.222 e. The van der Waals surface area contributed by atoms with Gasteiger partial charge in [-0.25, -0.2) is 4.39 Å². The molecule has 4 rings (SSSR count). The summed E-state index contributed by atoms with van der Waals surface area (Å²) in [6.07, 6.45) is 2.71. The normalized spacial score (nSPS) is 25.9. The highest BCUT2D eigenvalue weighted by atomic mass is 19.1. The number of aromatic nitrogens is 1. The van der Waals surface area contributed by atoms with Crippen LogP contribution in [0.25, 0.3) is 10.9 Å². The summed E-state index contributed by atoms with van der Waals surface area (Å²) in [7, 11) is 3.92. The predicted octanol–water partition coefficient (Wildman–Crippen LogP) is 2.36. The van der Waals surface area contributed by atoms with E-state index in [1.54, 1.807) is 18.2 Å². The highest BCUT2D eigenvalue weighted by molar-refractivity contribution is 5.79. The number of nitrogens with one attached hydrogen (secondary N) is 1. The fraction of sp³-hybridized carbons (Fsp3) is 0.500. The Morgan fingerprint density at radius 2 is 2.04 bits per heavy atom. The minimum absolute atomic E-state index is 0.158. The molecule has 138 valence electrons. The third-order valence-electron chi connectivity index (χ3n) is 6.10. The Balaban J connectivity index is 1.51. The molecular weight excluding hydrogens is 333 g/mol. The van der Waals surface area contributed by atoms with Gasteiger partial charge in [0, 0.05) is 49.7 Å². The molecular formula is C20H24FN3O2. The number of carbonyl (C=O) groups excluding carboxylic acids is 1. The molecule has 26 heavy (non-hydrogen) atoms. The summed E-state index contributed by atoms with van der Waals surface area (Å²) >= 11 is 0. The number of para-hydroxylation sites is 1. The van der Waals surface area contributed by atoms with Gasteiger partial charge in [0.25, 0.3) is 0 Å². The van der Waals surface area contributed by atoms with E-state index in [1.165, 1.54) is 6.07 Å². The lowest BCUT2D eigenvalue weighted by Gasteiger charge is -2.31. The Morgan fingerprint density at radius 3 is 2.85 bits per heavy atom. The first kappa shape index (κ1) is 17.2. The lowest BCUT2D eigenvalue weighted by Crippen LogP contribution is -2.39. The molecule has 3 atom stereocenters. The molecule has 5 nitrogen and oxygen atoms in total. The molecule has 1 saturated carbocycles. The Hall–Kier alpha value is -2.21. The molecule has 6 heteroatoms. The van der Waals surface area contributed by atoms with Crippen molar-refractivity contribution in [2.24, 2.45) is 11.8 Å². The number of benzene rings is 1. The van der Waals surface area contributed by atoms with Crippen LogP contribution in [-0.4, -0.2) is 47.4 Å². The molecule has 0 radical (unpaired) electrons. The smallest absolute Gasteiger partial charge is 0.222 e. The number of hydrogen-bond donors (Lipinski definition) is 1. The number of aromatic amines is 1. The number of nitrogens with zero attached hydrogens (tertiary/aromatic N) is 2. The lowest BCUT2D eigenvalue weighted by molar-refractivity contribution is -0.134. The van der Waals surface area contributed by atoms with Gasteiger partial charge in [-0.05, 0) is 43.9 Å². The molecule has 1 aromatic carbocycles. The van der Waals surface area contributed by atoms with Crippen molar-refractivity contribution in [2.75, 3.05) is 20.6 Å². The largest absolute Gasteiger partial charge is 0.355 e. The average molecular weight is 357 g/mol. The molecule has 2 fully saturated rings. The van der Waals surface area contributed by atoms with Crippen LogP contribution in [-0.2, 0) is 11.3 Å². The first-order chi connectivity index (χ1) is 12.4. The summed E-state index contributed by atoms with van der Waals surface area (Å²) in [4.78, 5) is 31.4. The summed E-state index contributed by atoms with van der Waals surface area (Å²) in [5, 5.41) is 0.379. The molecule has 1 aliphatic carbocycles. The topological polar surface area (TPSA) is 56.4 Å². The van der Waals surface area contributed by atoms with Gasteiger partial charge in [0.15, 0.2) is 5.43 Å². The Labute approximate surface area is 151 Å². The van der Waals surface area contributed by atoms with E-state index in [0.29, 0.717) is 36.2 Å². The van der Waals surface area contributed by atoms with Crippen LogP contribution in [0.4, 0.5) is 4.39 Å². The van der Waals surface area contributed by atoms with E-state index in [-0.39, 0.29) is 16.9 Å². The van der Waals surface area contributed by atoms with Gasteiger partial charge in [0.2, 0.25) is 5.91 Å². The average Bonchev–Trinajstić information content (AvgIpc) is 2.99.